The van der Waals surface area contributed by atoms with Crippen molar-refractivity contribution in [2.45, 2.75) is 6.42 Å². The number of hydrogen-bond acceptors (Lipinski definition) is 1. The smallest absolute Gasteiger partial charge is 0.335 e. The molecule has 0 amide bonds. The van der Waals surface area contributed by atoms with E-state index in [2.05, 4.69) is 0 Å². The van der Waals surface area contributed by atoms with Crippen LogP contribution in [0.5, 0.6) is 0 Å². The van der Waals surface area contributed by atoms with Gasteiger partial charge in [0, 0.05) is 29.6 Å². The summed E-state index contributed by atoms with van der Waals surface area (Å²) < 4.78 is 0. The van der Waals surface area contributed by atoms with Crippen LogP contribution >= 0.6 is 0 Å². The molecule has 0 spiro atoms. The number of aromatic carboxylic acids is 1. The minimum absolute atomic E-state index is 0. The van der Waals surface area contributed by atoms with Crippen LogP contribution in [-0.2, 0) is 6.42 Å². The Morgan fingerprint density at radius 3 is 2.18 bits per heavy atom. The molecule has 0 fully saturated rings. The quantitative estimate of drug-likeness (QED) is 0.830. The van der Waals surface area contributed by atoms with Gasteiger partial charge in [0.05, 0.1) is 5.56 Å². The molecule has 2 aromatic carbocycles. The first-order chi connectivity index (χ1) is 7.77. The number of rotatable bonds is 3. The summed E-state index contributed by atoms with van der Waals surface area (Å²) in [7, 11) is 0. The van der Waals surface area contributed by atoms with Crippen LogP contribution in [0.1, 0.15) is 21.5 Å². The van der Waals surface area contributed by atoms with Crippen LogP contribution in [0.15, 0.2) is 54.6 Å². The number of hydrogen-bond donors (Lipinski definition) is 1. The van der Waals surface area contributed by atoms with E-state index in [1.54, 1.807) is 12.1 Å². The van der Waals surface area contributed by atoms with Gasteiger partial charge in [0.2, 0.25) is 0 Å². The van der Waals surface area contributed by atoms with E-state index in [0.717, 1.165) is 11.1 Å². The zero-order valence-corrected chi connectivity index (χ0v) is 11.8. The molecule has 0 aliphatic rings. The molecule has 81 valence electrons. The Morgan fingerprint density at radius 2 is 1.53 bits per heavy atom. The Morgan fingerprint density at radius 1 is 0.941 bits per heavy atom. The van der Waals surface area contributed by atoms with Gasteiger partial charge in [0.1, 0.15) is 0 Å². The van der Waals surface area contributed by atoms with Gasteiger partial charge in [-0.05, 0) is 23.6 Å². The van der Waals surface area contributed by atoms with Gasteiger partial charge in [0.15, 0.2) is 0 Å². The SMILES string of the molecule is O=C(O)c1ccccc1Cc1ccccc1.[Na]. The van der Waals surface area contributed by atoms with Crippen molar-refractivity contribution in [3.8, 4) is 0 Å². The van der Waals surface area contributed by atoms with Gasteiger partial charge < -0.3 is 5.11 Å². The van der Waals surface area contributed by atoms with Crippen LogP contribution in [0.2, 0.25) is 0 Å². The molecule has 0 aliphatic carbocycles. The van der Waals surface area contributed by atoms with Crippen molar-refractivity contribution in [3.05, 3.63) is 71.3 Å². The first-order valence-electron chi connectivity index (χ1n) is 5.12. The molecule has 0 bridgehead atoms. The molecule has 0 heterocycles. The molecular formula is C14H12NaO2. The first kappa shape index (κ1) is 14.0. The van der Waals surface area contributed by atoms with Crippen LogP contribution in [0, 0.1) is 0 Å². The molecular weight excluding hydrogens is 223 g/mol. The van der Waals surface area contributed by atoms with Crippen molar-refractivity contribution in [1.29, 1.82) is 0 Å². The monoisotopic (exact) mass is 235 g/mol. The molecule has 0 saturated carbocycles. The summed E-state index contributed by atoms with van der Waals surface area (Å²) in [5.74, 6) is -0.869. The Kier molecular flexibility index (Phi) is 5.42. The third-order valence-electron chi connectivity index (χ3n) is 2.49. The average Bonchev–Trinajstić information content (AvgIpc) is 2.31. The summed E-state index contributed by atoms with van der Waals surface area (Å²) in [6, 6.07) is 17.0. The molecule has 0 unspecified atom stereocenters. The van der Waals surface area contributed by atoms with Crippen LogP contribution in [0.4, 0.5) is 0 Å². The maximum atomic E-state index is 11.0. The Labute approximate surface area is 123 Å². The van der Waals surface area contributed by atoms with Crippen LogP contribution < -0.4 is 0 Å². The Bertz CT molecular complexity index is 495. The van der Waals surface area contributed by atoms with Gasteiger partial charge in [-0.25, -0.2) is 4.79 Å². The van der Waals surface area contributed by atoms with Gasteiger partial charge in [-0.2, -0.15) is 0 Å². The molecule has 17 heavy (non-hydrogen) atoms. The summed E-state index contributed by atoms with van der Waals surface area (Å²) in [5, 5.41) is 9.04. The molecule has 2 aromatic rings. The fourth-order valence-electron chi connectivity index (χ4n) is 1.70. The summed E-state index contributed by atoms with van der Waals surface area (Å²) in [6.07, 6.45) is 0.656. The van der Waals surface area contributed by atoms with Crippen molar-refractivity contribution in [2.75, 3.05) is 0 Å². The Balaban J connectivity index is 0.00000144. The summed E-state index contributed by atoms with van der Waals surface area (Å²) in [4.78, 5) is 11.0. The van der Waals surface area contributed by atoms with Gasteiger partial charge in [-0.1, -0.05) is 48.5 Å². The molecule has 2 rings (SSSR count). The minimum Gasteiger partial charge on any atom is -0.478 e. The van der Waals surface area contributed by atoms with Gasteiger partial charge in [0.25, 0.3) is 0 Å². The summed E-state index contributed by atoms with van der Waals surface area (Å²) in [6.45, 7) is 0. The molecule has 3 heteroatoms. The molecule has 1 N–H and O–H groups in total. The van der Waals surface area contributed by atoms with E-state index in [4.69, 9.17) is 5.11 Å². The van der Waals surface area contributed by atoms with E-state index in [9.17, 15) is 4.79 Å². The van der Waals surface area contributed by atoms with Gasteiger partial charge >= 0.3 is 5.97 Å². The second-order valence-electron chi connectivity index (χ2n) is 3.62. The molecule has 0 atom stereocenters. The fourth-order valence-corrected chi connectivity index (χ4v) is 1.70. The Hall–Kier alpha value is -1.09. The average molecular weight is 235 g/mol. The van der Waals surface area contributed by atoms with Crippen molar-refractivity contribution in [3.63, 3.8) is 0 Å². The minimum atomic E-state index is -0.869. The standard InChI is InChI=1S/C14H12O2.Na/c15-14(16)13-9-5-4-8-12(13)10-11-6-2-1-3-7-11;/h1-9H,10H2,(H,15,16);. The van der Waals surface area contributed by atoms with Gasteiger partial charge in [-0.15, -0.1) is 0 Å². The van der Waals surface area contributed by atoms with E-state index in [1.165, 1.54) is 0 Å². The second-order valence-corrected chi connectivity index (χ2v) is 3.62. The molecule has 0 aliphatic heterocycles. The zero-order valence-electron chi connectivity index (χ0n) is 9.76. The van der Waals surface area contributed by atoms with E-state index in [0.29, 0.717) is 12.0 Å². The maximum Gasteiger partial charge on any atom is 0.335 e. The molecule has 2 nitrogen and oxygen atoms in total. The largest absolute Gasteiger partial charge is 0.478 e. The van der Waals surface area contributed by atoms with Crippen LogP contribution in [0.3, 0.4) is 0 Å². The first-order valence-corrected chi connectivity index (χ1v) is 5.12. The van der Waals surface area contributed by atoms with E-state index >= 15 is 0 Å². The molecule has 0 aromatic heterocycles. The van der Waals surface area contributed by atoms with E-state index in [1.807, 2.05) is 42.5 Å². The van der Waals surface area contributed by atoms with Crippen molar-refractivity contribution in [2.24, 2.45) is 0 Å². The third-order valence-corrected chi connectivity index (χ3v) is 2.49. The number of carboxylic acid groups (broad SMARTS) is 1. The topological polar surface area (TPSA) is 37.3 Å². The van der Waals surface area contributed by atoms with Crippen molar-refractivity contribution < 1.29 is 9.90 Å². The number of carbonyl (C=O) groups is 1. The fraction of sp³-hybridized carbons (Fsp3) is 0.0714. The third kappa shape index (κ3) is 3.70. The summed E-state index contributed by atoms with van der Waals surface area (Å²) >= 11 is 0. The molecule has 1 radical (unpaired) electrons. The normalized spacial score (nSPS) is 9.41. The van der Waals surface area contributed by atoms with Crippen LogP contribution in [0.25, 0.3) is 0 Å². The van der Waals surface area contributed by atoms with E-state index < -0.39 is 5.97 Å². The number of benzene rings is 2. The van der Waals surface area contributed by atoms with Crippen molar-refractivity contribution in [1.82, 2.24) is 0 Å². The second kappa shape index (κ2) is 6.60. The van der Waals surface area contributed by atoms with Gasteiger partial charge in [-0.3, -0.25) is 0 Å². The van der Waals surface area contributed by atoms with Crippen LogP contribution in [-0.4, -0.2) is 40.6 Å². The summed E-state index contributed by atoms with van der Waals surface area (Å²) in [5.41, 5.74) is 2.35. The zero-order chi connectivity index (χ0) is 11.4. The maximum absolute atomic E-state index is 11.0. The van der Waals surface area contributed by atoms with Crippen molar-refractivity contribution >= 4 is 35.5 Å². The predicted octanol–water partition coefficient (Wildman–Crippen LogP) is 2.59. The van der Waals surface area contributed by atoms with E-state index in [-0.39, 0.29) is 29.6 Å². The molecule has 0 saturated heterocycles. The predicted molar refractivity (Wildman–Crippen MR) is 68.4 cm³/mol. The number of carboxylic acids is 1.